The minimum atomic E-state index is -0.699. The fourth-order valence-electron chi connectivity index (χ4n) is 2.20. The van der Waals surface area contributed by atoms with Crippen LogP contribution in [-0.4, -0.2) is 39.8 Å². The van der Waals surface area contributed by atoms with Crippen LogP contribution in [0.5, 0.6) is 17.2 Å². The number of amides is 1. The van der Waals surface area contributed by atoms with Gasteiger partial charge < -0.3 is 24.3 Å². The molecule has 1 aromatic carbocycles. The summed E-state index contributed by atoms with van der Waals surface area (Å²) in [7, 11) is 4.47. The summed E-state index contributed by atoms with van der Waals surface area (Å²) < 4.78 is 20.6. The Bertz CT molecular complexity index is 904. The highest BCUT2D eigenvalue weighted by molar-refractivity contribution is 7.14. The van der Waals surface area contributed by atoms with E-state index < -0.39 is 18.5 Å². The van der Waals surface area contributed by atoms with Gasteiger partial charge in [0.2, 0.25) is 5.75 Å². The number of nitriles is 1. The van der Waals surface area contributed by atoms with E-state index in [0.717, 1.165) is 0 Å². The Morgan fingerprint density at radius 3 is 2.43 bits per heavy atom. The van der Waals surface area contributed by atoms with E-state index in [0.29, 0.717) is 33.4 Å². The maximum Gasteiger partial charge on any atom is 0.331 e. The summed E-state index contributed by atoms with van der Waals surface area (Å²) in [6.45, 7) is -0.471. The van der Waals surface area contributed by atoms with Gasteiger partial charge in [0.1, 0.15) is 11.1 Å². The Morgan fingerprint density at radius 2 is 1.86 bits per heavy atom. The first-order chi connectivity index (χ1) is 13.5. The van der Waals surface area contributed by atoms with Crippen molar-refractivity contribution in [1.29, 1.82) is 5.26 Å². The van der Waals surface area contributed by atoms with Gasteiger partial charge in [-0.2, -0.15) is 5.26 Å². The van der Waals surface area contributed by atoms with Crippen LogP contribution in [0.3, 0.4) is 0 Å². The Morgan fingerprint density at radius 1 is 1.18 bits per heavy atom. The molecule has 8 nitrogen and oxygen atoms in total. The van der Waals surface area contributed by atoms with Crippen molar-refractivity contribution >= 4 is 34.3 Å². The van der Waals surface area contributed by atoms with Gasteiger partial charge in [0.25, 0.3) is 5.91 Å². The summed E-state index contributed by atoms with van der Waals surface area (Å²) >= 11 is 1.21. The van der Waals surface area contributed by atoms with E-state index in [4.69, 9.17) is 24.2 Å². The zero-order chi connectivity index (χ0) is 20.5. The van der Waals surface area contributed by atoms with Crippen molar-refractivity contribution < 1.29 is 28.5 Å². The molecule has 0 saturated heterocycles. The van der Waals surface area contributed by atoms with Crippen LogP contribution in [0, 0.1) is 11.3 Å². The summed E-state index contributed by atoms with van der Waals surface area (Å²) in [5.41, 5.74) is 0.972. The molecule has 0 saturated carbocycles. The number of carbonyl (C=O) groups excluding carboxylic acids is 2. The average molecular weight is 402 g/mol. The third kappa shape index (κ3) is 5.25. The van der Waals surface area contributed by atoms with E-state index in [2.05, 4.69) is 5.32 Å². The summed E-state index contributed by atoms with van der Waals surface area (Å²) in [6, 6.07) is 6.88. The lowest BCUT2D eigenvalue weighted by Crippen LogP contribution is -2.20. The highest BCUT2D eigenvalue weighted by Gasteiger charge is 2.13. The molecule has 1 N–H and O–H groups in total. The summed E-state index contributed by atoms with van der Waals surface area (Å²) in [6.07, 6.45) is 2.68. The SMILES string of the molecule is COc1cc(C=CC(=O)OCC(=O)Nc2sccc2C#N)cc(OC)c1OC. The normalized spacial score (nSPS) is 10.2. The molecule has 0 aliphatic carbocycles. The van der Waals surface area contributed by atoms with Gasteiger partial charge in [0.05, 0.1) is 26.9 Å². The number of esters is 1. The first-order valence-corrected chi connectivity index (χ1v) is 8.82. The molecular weight excluding hydrogens is 384 g/mol. The van der Waals surface area contributed by atoms with Crippen LogP contribution < -0.4 is 19.5 Å². The Labute approximate surface area is 165 Å². The number of nitrogens with one attached hydrogen (secondary N) is 1. The Kier molecular flexibility index (Phi) is 7.42. The van der Waals surface area contributed by atoms with Crippen molar-refractivity contribution in [3.63, 3.8) is 0 Å². The Hall–Kier alpha value is -3.51. The number of benzene rings is 1. The van der Waals surface area contributed by atoms with Gasteiger partial charge in [-0.3, -0.25) is 4.79 Å². The number of hydrogen-bond donors (Lipinski definition) is 1. The molecule has 1 aromatic heterocycles. The molecule has 0 radical (unpaired) electrons. The van der Waals surface area contributed by atoms with Gasteiger partial charge in [-0.1, -0.05) is 0 Å². The lowest BCUT2D eigenvalue weighted by atomic mass is 10.1. The molecule has 28 heavy (non-hydrogen) atoms. The second-order valence-corrected chi connectivity index (χ2v) is 6.14. The lowest BCUT2D eigenvalue weighted by Gasteiger charge is -2.12. The number of hydrogen-bond acceptors (Lipinski definition) is 8. The minimum absolute atomic E-state index is 0.354. The number of nitrogens with zero attached hydrogens (tertiary/aromatic N) is 1. The highest BCUT2D eigenvalue weighted by Crippen LogP contribution is 2.38. The number of thiophene rings is 1. The molecule has 0 aliphatic rings. The molecule has 0 atom stereocenters. The minimum Gasteiger partial charge on any atom is -0.493 e. The molecule has 0 aliphatic heterocycles. The largest absolute Gasteiger partial charge is 0.493 e. The maximum atomic E-state index is 11.9. The first kappa shape index (κ1) is 20.8. The van der Waals surface area contributed by atoms with E-state index in [1.165, 1.54) is 44.8 Å². The van der Waals surface area contributed by atoms with E-state index in [-0.39, 0.29) is 0 Å². The van der Waals surface area contributed by atoms with Gasteiger partial charge in [-0.15, -0.1) is 11.3 Å². The van der Waals surface area contributed by atoms with Gasteiger partial charge >= 0.3 is 5.97 Å². The van der Waals surface area contributed by atoms with Gasteiger partial charge in [-0.05, 0) is 35.2 Å². The zero-order valence-electron chi connectivity index (χ0n) is 15.5. The highest BCUT2D eigenvalue weighted by atomic mass is 32.1. The predicted molar refractivity (Wildman–Crippen MR) is 104 cm³/mol. The average Bonchev–Trinajstić information content (AvgIpc) is 3.16. The van der Waals surface area contributed by atoms with Gasteiger partial charge in [0.15, 0.2) is 18.1 Å². The molecule has 0 bridgehead atoms. The van der Waals surface area contributed by atoms with Crippen LogP contribution in [0.25, 0.3) is 6.08 Å². The fraction of sp³-hybridized carbons (Fsp3) is 0.211. The number of rotatable bonds is 8. The van der Waals surface area contributed by atoms with Crippen molar-refractivity contribution in [2.24, 2.45) is 0 Å². The standard InChI is InChI=1S/C19H18N2O6S/c1-24-14-8-12(9-15(25-2)18(14)26-3)4-5-17(23)27-11-16(22)21-19-13(10-20)6-7-28-19/h4-9H,11H2,1-3H3,(H,21,22). The lowest BCUT2D eigenvalue weighted by molar-refractivity contribution is -0.142. The summed E-state index contributed by atoms with van der Waals surface area (Å²) in [5.74, 6) is 0.0905. The molecule has 146 valence electrons. The third-order valence-corrected chi connectivity index (χ3v) is 4.31. The maximum absolute atomic E-state index is 11.9. The van der Waals surface area contributed by atoms with Crippen LogP contribution in [0.4, 0.5) is 5.00 Å². The predicted octanol–water partition coefficient (Wildman–Crippen LogP) is 2.84. The Balaban J connectivity index is 1.96. The number of carbonyl (C=O) groups is 2. The topological polar surface area (TPSA) is 107 Å². The van der Waals surface area contributed by atoms with Crippen LogP contribution in [0.2, 0.25) is 0 Å². The van der Waals surface area contributed by atoms with Gasteiger partial charge in [0, 0.05) is 6.08 Å². The molecular formula is C19H18N2O6S. The molecule has 2 rings (SSSR count). The second kappa shape index (κ2) is 9.99. The molecule has 1 amide bonds. The number of ether oxygens (including phenoxy) is 4. The molecule has 2 aromatic rings. The van der Waals surface area contributed by atoms with Gasteiger partial charge in [-0.25, -0.2) is 4.79 Å². The van der Waals surface area contributed by atoms with E-state index in [1.807, 2.05) is 6.07 Å². The van der Waals surface area contributed by atoms with Crippen molar-refractivity contribution in [1.82, 2.24) is 0 Å². The molecule has 9 heteroatoms. The third-order valence-electron chi connectivity index (χ3n) is 3.48. The van der Waals surface area contributed by atoms with Crippen LogP contribution in [0.1, 0.15) is 11.1 Å². The summed E-state index contributed by atoms with van der Waals surface area (Å²) in [5, 5.41) is 13.5. The quantitative estimate of drug-likeness (QED) is 0.534. The molecule has 0 unspecified atom stereocenters. The molecule has 0 fully saturated rings. The van der Waals surface area contributed by atoms with E-state index >= 15 is 0 Å². The zero-order valence-corrected chi connectivity index (χ0v) is 16.3. The smallest absolute Gasteiger partial charge is 0.331 e. The number of methoxy groups -OCH3 is 3. The molecule has 1 heterocycles. The second-order valence-electron chi connectivity index (χ2n) is 5.22. The first-order valence-electron chi connectivity index (χ1n) is 7.94. The monoisotopic (exact) mass is 402 g/mol. The van der Waals surface area contributed by atoms with E-state index in [9.17, 15) is 9.59 Å². The van der Waals surface area contributed by atoms with Crippen molar-refractivity contribution in [3.8, 4) is 23.3 Å². The van der Waals surface area contributed by atoms with Crippen LogP contribution in [0.15, 0.2) is 29.7 Å². The van der Waals surface area contributed by atoms with Crippen molar-refractivity contribution in [3.05, 3.63) is 40.8 Å². The van der Waals surface area contributed by atoms with Crippen LogP contribution in [-0.2, 0) is 14.3 Å². The van der Waals surface area contributed by atoms with Crippen molar-refractivity contribution in [2.45, 2.75) is 0 Å². The van der Waals surface area contributed by atoms with Crippen molar-refractivity contribution in [2.75, 3.05) is 33.3 Å². The molecule has 0 spiro atoms. The van der Waals surface area contributed by atoms with Crippen LogP contribution >= 0.6 is 11.3 Å². The summed E-state index contributed by atoms with van der Waals surface area (Å²) in [4.78, 5) is 23.7. The fourth-order valence-corrected chi connectivity index (χ4v) is 2.96. The van der Waals surface area contributed by atoms with E-state index in [1.54, 1.807) is 23.6 Å². The number of anilines is 1.